The van der Waals surface area contributed by atoms with Crippen LogP contribution in [-0.2, 0) is 14.8 Å². The highest BCUT2D eigenvalue weighted by Crippen LogP contribution is 2.11. The maximum Gasteiger partial charge on any atom is 0.264 e. The Labute approximate surface area is 82.0 Å². The van der Waals surface area contributed by atoms with Crippen molar-refractivity contribution in [2.24, 2.45) is 0 Å². The minimum atomic E-state index is -3.76. The Morgan fingerprint density at radius 2 is 2.07 bits per heavy atom. The van der Waals surface area contributed by atoms with E-state index in [1.54, 1.807) is 6.07 Å². The minimum Gasteiger partial charge on any atom is -0.399 e. The molecule has 0 heterocycles. The van der Waals surface area contributed by atoms with Crippen LogP contribution in [0.15, 0.2) is 29.2 Å². The molecule has 1 amide bonds. The van der Waals surface area contributed by atoms with Gasteiger partial charge in [0.05, 0.1) is 4.90 Å². The molecule has 0 aromatic heterocycles. The first-order chi connectivity index (χ1) is 6.42. The van der Waals surface area contributed by atoms with Crippen LogP contribution in [0.2, 0.25) is 0 Å². The second-order valence-corrected chi connectivity index (χ2v) is 4.42. The zero-order chi connectivity index (χ0) is 10.8. The van der Waals surface area contributed by atoms with Crippen LogP contribution < -0.4 is 10.5 Å². The summed E-state index contributed by atoms with van der Waals surface area (Å²) in [5, 5.41) is 0. The van der Waals surface area contributed by atoms with Crippen LogP contribution >= 0.6 is 0 Å². The summed E-state index contributed by atoms with van der Waals surface area (Å²) in [5.41, 5.74) is 5.74. The molecule has 0 aliphatic rings. The van der Waals surface area contributed by atoms with Crippen LogP contribution in [0.25, 0.3) is 0 Å². The van der Waals surface area contributed by atoms with Gasteiger partial charge in [-0.15, -0.1) is 0 Å². The number of hydrogen-bond acceptors (Lipinski definition) is 4. The van der Waals surface area contributed by atoms with E-state index in [0.29, 0.717) is 5.69 Å². The first-order valence-electron chi connectivity index (χ1n) is 3.81. The Kier molecular flexibility index (Phi) is 2.76. The summed E-state index contributed by atoms with van der Waals surface area (Å²) in [4.78, 5) is 10.6. The third-order valence-electron chi connectivity index (χ3n) is 1.45. The number of carbonyl (C=O) groups is 1. The number of carbonyl (C=O) groups excluding carboxylic acids is 1. The summed E-state index contributed by atoms with van der Waals surface area (Å²) in [6.45, 7) is 1.13. The topological polar surface area (TPSA) is 89.3 Å². The van der Waals surface area contributed by atoms with Crippen molar-refractivity contribution in [1.82, 2.24) is 4.72 Å². The predicted molar refractivity (Wildman–Crippen MR) is 51.9 cm³/mol. The summed E-state index contributed by atoms with van der Waals surface area (Å²) in [6, 6.07) is 5.71. The number of rotatable bonds is 2. The van der Waals surface area contributed by atoms with E-state index in [9.17, 15) is 13.2 Å². The molecule has 1 aromatic carbocycles. The predicted octanol–water partition coefficient (Wildman–Crippen LogP) is 0.0936. The van der Waals surface area contributed by atoms with Gasteiger partial charge in [0.2, 0.25) is 5.91 Å². The lowest BCUT2D eigenvalue weighted by Gasteiger charge is -2.04. The van der Waals surface area contributed by atoms with Gasteiger partial charge in [-0.3, -0.25) is 4.79 Å². The van der Waals surface area contributed by atoms with Gasteiger partial charge >= 0.3 is 0 Å². The van der Waals surface area contributed by atoms with E-state index in [1.165, 1.54) is 18.2 Å². The maximum atomic E-state index is 11.4. The first kappa shape index (κ1) is 10.5. The van der Waals surface area contributed by atoms with E-state index in [-0.39, 0.29) is 4.90 Å². The fraction of sp³-hybridized carbons (Fsp3) is 0.125. The van der Waals surface area contributed by atoms with Crippen molar-refractivity contribution < 1.29 is 13.2 Å². The number of amides is 1. The highest BCUT2D eigenvalue weighted by Gasteiger charge is 2.14. The van der Waals surface area contributed by atoms with Crippen LogP contribution in [0.5, 0.6) is 0 Å². The van der Waals surface area contributed by atoms with Crippen molar-refractivity contribution in [3.8, 4) is 0 Å². The number of nitrogens with two attached hydrogens (primary N) is 1. The fourth-order valence-corrected chi connectivity index (χ4v) is 1.98. The van der Waals surface area contributed by atoms with Gasteiger partial charge in [-0.2, -0.15) is 0 Å². The quantitative estimate of drug-likeness (QED) is 0.683. The molecule has 1 aromatic rings. The standard InChI is InChI=1S/C8H10N2O3S/c1-6(11)10-14(12,13)8-4-2-3-7(9)5-8/h2-5H,9H2,1H3,(H,10,11). The number of benzene rings is 1. The molecule has 0 aliphatic carbocycles. The SMILES string of the molecule is CC(=O)NS(=O)(=O)c1cccc(N)c1. The molecule has 0 fully saturated rings. The van der Waals surface area contributed by atoms with Crippen molar-refractivity contribution in [3.63, 3.8) is 0 Å². The summed E-state index contributed by atoms with van der Waals surface area (Å²) in [5.74, 6) is -0.632. The van der Waals surface area contributed by atoms with E-state index in [4.69, 9.17) is 5.73 Å². The lowest BCUT2D eigenvalue weighted by atomic mass is 10.3. The van der Waals surface area contributed by atoms with E-state index < -0.39 is 15.9 Å². The summed E-state index contributed by atoms with van der Waals surface area (Å²) >= 11 is 0. The molecule has 5 nitrogen and oxygen atoms in total. The molecule has 0 aliphatic heterocycles. The zero-order valence-corrected chi connectivity index (χ0v) is 8.34. The second-order valence-electron chi connectivity index (χ2n) is 2.73. The van der Waals surface area contributed by atoms with Gasteiger partial charge in [-0.25, -0.2) is 13.1 Å². The molecule has 3 N–H and O–H groups in total. The number of sulfonamides is 1. The highest BCUT2D eigenvalue weighted by atomic mass is 32.2. The largest absolute Gasteiger partial charge is 0.399 e. The average Bonchev–Trinajstić information content (AvgIpc) is 2.01. The monoisotopic (exact) mass is 214 g/mol. The van der Waals surface area contributed by atoms with Gasteiger partial charge in [0.15, 0.2) is 0 Å². The van der Waals surface area contributed by atoms with Gasteiger partial charge in [0, 0.05) is 12.6 Å². The average molecular weight is 214 g/mol. The van der Waals surface area contributed by atoms with Crippen LogP contribution in [0.3, 0.4) is 0 Å². The third-order valence-corrected chi connectivity index (χ3v) is 2.88. The summed E-state index contributed by atoms with van der Waals surface area (Å²) in [6.07, 6.45) is 0. The fourth-order valence-electron chi connectivity index (χ4n) is 0.930. The molecule has 0 atom stereocenters. The Hall–Kier alpha value is -1.56. The van der Waals surface area contributed by atoms with Gasteiger partial charge in [-0.05, 0) is 18.2 Å². The second kappa shape index (κ2) is 3.67. The lowest BCUT2D eigenvalue weighted by molar-refractivity contribution is -0.117. The highest BCUT2D eigenvalue weighted by molar-refractivity contribution is 7.90. The first-order valence-corrected chi connectivity index (χ1v) is 5.29. The number of anilines is 1. The van der Waals surface area contributed by atoms with E-state index in [0.717, 1.165) is 6.92 Å². The molecule has 0 saturated heterocycles. The van der Waals surface area contributed by atoms with Crippen LogP contribution in [0, 0.1) is 0 Å². The molecule has 14 heavy (non-hydrogen) atoms. The zero-order valence-electron chi connectivity index (χ0n) is 7.52. The smallest absolute Gasteiger partial charge is 0.264 e. The Bertz CT molecular complexity index is 453. The van der Waals surface area contributed by atoms with Crippen molar-refractivity contribution in [2.45, 2.75) is 11.8 Å². The Morgan fingerprint density at radius 1 is 1.43 bits per heavy atom. The Morgan fingerprint density at radius 3 is 2.57 bits per heavy atom. The molecule has 0 saturated carbocycles. The number of nitrogen functional groups attached to an aromatic ring is 1. The molecular weight excluding hydrogens is 204 g/mol. The number of hydrogen-bond donors (Lipinski definition) is 2. The molecule has 0 radical (unpaired) electrons. The minimum absolute atomic E-state index is 0.0206. The van der Waals surface area contributed by atoms with Gasteiger partial charge in [-0.1, -0.05) is 6.07 Å². The summed E-state index contributed by atoms with van der Waals surface area (Å²) < 4.78 is 24.7. The lowest BCUT2D eigenvalue weighted by Crippen LogP contribution is -2.28. The van der Waals surface area contributed by atoms with Gasteiger partial charge in [0.25, 0.3) is 10.0 Å². The molecule has 1 rings (SSSR count). The van der Waals surface area contributed by atoms with Crippen molar-refractivity contribution in [2.75, 3.05) is 5.73 Å². The normalized spacial score (nSPS) is 10.9. The van der Waals surface area contributed by atoms with Crippen molar-refractivity contribution in [3.05, 3.63) is 24.3 Å². The number of nitrogens with one attached hydrogen (secondary N) is 1. The molecule has 76 valence electrons. The Balaban J connectivity index is 3.11. The van der Waals surface area contributed by atoms with Gasteiger partial charge in [0.1, 0.15) is 0 Å². The molecular formula is C8H10N2O3S. The molecule has 6 heteroatoms. The van der Waals surface area contributed by atoms with Gasteiger partial charge < -0.3 is 5.73 Å². The van der Waals surface area contributed by atoms with E-state index in [1.807, 2.05) is 4.72 Å². The molecule has 0 unspecified atom stereocenters. The summed E-state index contributed by atoms with van der Waals surface area (Å²) in [7, 11) is -3.76. The maximum absolute atomic E-state index is 11.4. The van der Waals surface area contributed by atoms with Crippen molar-refractivity contribution >= 4 is 21.6 Å². The van der Waals surface area contributed by atoms with Crippen LogP contribution in [-0.4, -0.2) is 14.3 Å². The van der Waals surface area contributed by atoms with Crippen LogP contribution in [0.4, 0.5) is 5.69 Å². The van der Waals surface area contributed by atoms with Crippen LogP contribution in [0.1, 0.15) is 6.92 Å². The third kappa shape index (κ3) is 2.46. The van der Waals surface area contributed by atoms with E-state index >= 15 is 0 Å². The van der Waals surface area contributed by atoms with E-state index in [2.05, 4.69) is 0 Å². The molecule has 0 spiro atoms. The molecule has 0 bridgehead atoms. The van der Waals surface area contributed by atoms with Crippen molar-refractivity contribution in [1.29, 1.82) is 0 Å².